The van der Waals surface area contributed by atoms with Crippen LogP contribution in [0.3, 0.4) is 0 Å². The van der Waals surface area contributed by atoms with Gasteiger partial charge in [-0.25, -0.2) is 0 Å². The molecule has 15 heteroatoms. The maximum atomic E-state index is 13.8. The quantitative estimate of drug-likeness (QED) is 0.139. The average Bonchev–Trinajstić information content (AvgIpc) is 3.37. The van der Waals surface area contributed by atoms with Crippen molar-refractivity contribution in [3.63, 3.8) is 0 Å². The lowest BCUT2D eigenvalue weighted by molar-refractivity contribution is 0.0765. The van der Waals surface area contributed by atoms with Crippen molar-refractivity contribution in [3.8, 4) is 34.5 Å². The van der Waals surface area contributed by atoms with Crippen LogP contribution < -0.4 is 44.7 Å². The lowest BCUT2D eigenvalue weighted by atomic mass is 10.1. The topological polar surface area (TPSA) is 149 Å². The normalized spacial score (nSPS) is 15.2. The summed E-state index contributed by atoms with van der Waals surface area (Å²) in [5.41, 5.74) is 4.26. The molecular formula is C54H51N3O12. The molecule has 6 aromatic carbocycles. The molecule has 1 aliphatic heterocycles. The van der Waals surface area contributed by atoms with E-state index in [1.54, 1.807) is 36.4 Å². The van der Waals surface area contributed by atoms with Gasteiger partial charge in [0.15, 0.2) is 16.3 Å². The Morgan fingerprint density at radius 1 is 0.275 bits per heavy atom. The molecule has 0 amide bonds. The summed E-state index contributed by atoms with van der Waals surface area (Å²) in [7, 11) is 5.77. The fraction of sp³-hybridized carbons (Fsp3) is 0.278. The molecule has 0 N–H and O–H groups in total. The first-order chi connectivity index (χ1) is 33.7. The monoisotopic (exact) mass is 933 g/mol. The van der Waals surface area contributed by atoms with Crippen molar-refractivity contribution in [1.82, 2.24) is 13.7 Å². The molecule has 0 saturated heterocycles. The minimum atomic E-state index is -0.130. The predicted octanol–water partition coefficient (Wildman–Crippen LogP) is 7.44. The first-order valence-electron chi connectivity index (χ1n) is 22.9. The molecule has 0 aliphatic carbocycles. The van der Waals surface area contributed by atoms with Crippen LogP contribution in [0.5, 0.6) is 34.5 Å². The second-order valence-corrected chi connectivity index (χ2v) is 16.7. The van der Waals surface area contributed by atoms with Gasteiger partial charge >= 0.3 is 0 Å². The van der Waals surface area contributed by atoms with Gasteiger partial charge in [-0.15, -0.1) is 0 Å². The van der Waals surface area contributed by atoms with Crippen molar-refractivity contribution >= 4 is 65.4 Å². The molecule has 69 heavy (non-hydrogen) atoms. The van der Waals surface area contributed by atoms with Gasteiger partial charge in [0.2, 0.25) is 0 Å². The van der Waals surface area contributed by atoms with E-state index in [2.05, 4.69) is 0 Å². The lowest BCUT2D eigenvalue weighted by Crippen LogP contribution is -2.14. The van der Waals surface area contributed by atoms with Crippen LogP contribution in [0, 0.1) is 0 Å². The highest BCUT2D eigenvalue weighted by molar-refractivity contribution is 5.97. The van der Waals surface area contributed by atoms with Crippen LogP contribution in [0.25, 0.3) is 65.4 Å². The molecule has 3 aromatic heterocycles. The first-order valence-corrected chi connectivity index (χ1v) is 22.9. The second-order valence-electron chi connectivity index (χ2n) is 16.7. The summed E-state index contributed by atoms with van der Waals surface area (Å²) in [6, 6.07) is 32.8. The van der Waals surface area contributed by atoms with Gasteiger partial charge in [0, 0.05) is 53.5 Å². The molecule has 15 nitrogen and oxygen atoms in total. The van der Waals surface area contributed by atoms with E-state index in [4.69, 9.17) is 42.6 Å². The maximum Gasteiger partial charge on any atom is 0.197 e. The van der Waals surface area contributed by atoms with Crippen LogP contribution in [-0.2, 0) is 35.4 Å². The van der Waals surface area contributed by atoms with Crippen molar-refractivity contribution in [2.45, 2.75) is 0 Å². The molecule has 0 atom stereocenters. The summed E-state index contributed by atoms with van der Waals surface area (Å²) in [6.45, 7) is 3.39. The lowest BCUT2D eigenvalue weighted by Gasteiger charge is -2.14. The number of rotatable bonds is 0. The third-order valence-corrected chi connectivity index (χ3v) is 12.4. The summed E-state index contributed by atoms with van der Waals surface area (Å²) in [6.07, 6.45) is 0. The highest BCUT2D eigenvalue weighted by Crippen LogP contribution is 2.28. The highest BCUT2D eigenvalue weighted by Gasteiger charge is 2.15. The Labute approximate surface area is 395 Å². The number of aryl methyl sites for hydroxylation is 3. The Kier molecular flexibility index (Phi) is 13.1. The zero-order valence-corrected chi connectivity index (χ0v) is 38.6. The SMILES string of the molecule is Cn1c2ccc3cc2c(=O)c2cc(ccc21)OCCOCCOc1ccc2c(c1)c(=O)c1cc(ccc1n2C)OCCOCCOc1ccc2c(c1)c(=O)c1cc(ccc1n2C)OCCOCCO3. The predicted molar refractivity (Wildman–Crippen MR) is 266 cm³/mol. The third-order valence-electron chi connectivity index (χ3n) is 12.4. The Morgan fingerprint density at radius 2 is 0.449 bits per heavy atom. The number of hydrogen-bond acceptors (Lipinski definition) is 12. The van der Waals surface area contributed by atoms with E-state index in [9.17, 15) is 14.4 Å². The van der Waals surface area contributed by atoms with E-state index < -0.39 is 0 Å². The van der Waals surface area contributed by atoms with Crippen LogP contribution in [0.1, 0.15) is 0 Å². The van der Waals surface area contributed by atoms with Gasteiger partial charge in [-0.3, -0.25) is 14.4 Å². The van der Waals surface area contributed by atoms with Gasteiger partial charge in [0.05, 0.1) is 72.7 Å². The van der Waals surface area contributed by atoms with Crippen LogP contribution in [-0.4, -0.2) is 93.0 Å². The molecule has 9 aromatic rings. The van der Waals surface area contributed by atoms with Gasteiger partial charge in [-0.2, -0.15) is 0 Å². The summed E-state index contributed by atoms with van der Waals surface area (Å²) in [4.78, 5) is 41.5. The fourth-order valence-corrected chi connectivity index (χ4v) is 8.92. The summed E-state index contributed by atoms with van der Waals surface area (Å²) < 4.78 is 59.3. The Bertz CT molecular complexity index is 2990. The van der Waals surface area contributed by atoms with Crippen molar-refractivity contribution in [3.05, 3.63) is 140 Å². The van der Waals surface area contributed by atoms with E-state index >= 15 is 0 Å². The van der Waals surface area contributed by atoms with Gasteiger partial charge in [-0.1, -0.05) is 0 Å². The van der Waals surface area contributed by atoms with Gasteiger partial charge in [0.25, 0.3) is 0 Å². The summed E-state index contributed by atoms with van der Waals surface area (Å²) >= 11 is 0. The van der Waals surface area contributed by atoms with Crippen LogP contribution in [0.15, 0.2) is 124 Å². The van der Waals surface area contributed by atoms with Crippen molar-refractivity contribution in [2.75, 3.05) is 79.3 Å². The smallest absolute Gasteiger partial charge is 0.197 e. The van der Waals surface area contributed by atoms with E-state index in [-0.39, 0.29) is 55.9 Å². The van der Waals surface area contributed by atoms with E-state index in [0.717, 1.165) is 33.1 Å². The molecule has 0 unspecified atom stereocenters. The molecule has 354 valence electrons. The van der Waals surface area contributed by atoms with E-state index in [0.29, 0.717) is 106 Å². The third kappa shape index (κ3) is 9.36. The first kappa shape index (κ1) is 45.2. The molecule has 0 saturated carbocycles. The van der Waals surface area contributed by atoms with Gasteiger partial charge in [0.1, 0.15) is 74.1 Å². The van der Waals surface area contributed by atoms with Crippen molar-refractivity contribution < 1.29 is 42.6 Å². The molecule has 0 fully saturated rings. The number of hydrogen-bond donors (Lipinski definition) is 0. The maximum absolute atomic E-state index is 13.8. The number of fused-ring (bicyclic) bond motifs is 6. The zero-order valence-electron chi connectivity index (χ0n) is 38.6. The van der Waals surface area contributed by atoms with Crippen molar-refractivity contribution in [1.29, 1.82) is 0 Å². The number of nitrogens with zero attached hydrogens (tertiary/aromatic N) is 3. The molecule has 0 radical (unpaired) electrons. The van der Waals surface area contributed by atoms with E-state index in [1.807, 2.05) is 108 Å². The summed E-state index contributed by atoms with van der Waals surface area (Å²) in [5.74, 6) is 3.30. The molecule has 10 rings (SSSR count). The standard InChI is InChI=1S/C54H51N3O12/c1-55-46-10-4-34-28-40(46)52(58)41-29-35(5-11-47(41)55)65-23-17-62-19-25-67-37-7-13-49-43(31-37)54(60)45-33-39(9-15-51(45)57(49)3)69-27-21-63-20-26-68-38-8-14-50-44(32-38)53(59)42-30-36(6-12-48(42)56(50)2)66-24-18-61-16-22-64-34/h4-15,28-33H,16-27H2,1-3H3. The number of ether oxygens (including phenoxy) is 9. The average molecular weight is 934 g/mol. The van der Waals surface area contributed by atoms with Gasteiger partial charge < -0.3 is 56.3 Å². The highest BCUT2D eigenvalue weighted by atomic mass is 16.6. The minimum Gasteiger partial charge on any atom is -0.491 e. The summed E-state index contributed by atoms with van der Waals surface area (Å²) in [5, 5.41) is 3.13. The van der Waals surface area contributed by atoms with Crippen LogP contribution in [0.4, 0.5) is 0 Å². The molecule has 4 heterocycles. The zero-order chi connectivity index (χ0) is 47.4. The van der Waals surface area contributed by atoms with Crippen molar-refractivity contribution in [2.24, 2.45) is 21.1 Å². The molecular weight excluding hydrogens is 883 g/mol. The Balaban J connectivity index is 0.856. The Morgan fingerprint density at radius 3 is 0.623 bits per heavy atom. The van der Waals surface area contributed by atoms with Crippen LogP contribution >= 0.6 is 0 Å². The number of aromatic nitrogens is 3. The van der Waals surface area contributed by atoms with Crippen LogP contribution in [0.2, 0.25) is 0 Å². The number of benzene rings is 6. The molecule has 12 bridgehead atoms. The van der Waals surface area contributed by atoms with Gasteiger partial charge in [-0.05, 0) is 109 Å². The Hall–Kier alpha value is -7.59. The molecule has 1 aliphatic rings. The largest absolute Gasteiger partial charge is 0.491 e. The molecule has 0 spiro atoms. The minimum absolute atomic E-state index is 0.130. The fourth-order valence-electron chi connectivity index (χ4n) is 8.92. The van der Waals surface area contributed by atoms with E-state index in [1.165, 1.54) is 0 Å². The number of pyridine rings is 3. The second kappa shape index (κ2) is 19.9.